The molecule has 0 aliphatic heterocycles. The zero-order valence-electron chi connectivity index (χ0n) is 3.40. The molecule has 0 amide bonds. The molecule has 0 spiro atoms. The summed E-state index contributed by atoms with van der Waals surface area (Å²) in [4.78, 5) is 8.15. The summed E-state index contributed by atoms with van der Waals surface area (Å²) in [5.74, 6) is 0.0376. The second-order valence-corrected chi connectivity index (χ2v) is 3.53. The van der Waals surface area contributed by atoms with Crippen molar-refractivity contribution in [2.75, 3.05) is 5.88 Å². The lowest BCUT2D eigenvalue weighted by Gasteiger charge is -1.94. The molecular formula is C2H5Cl2O2P. The van der Waals surface area contributed by atoms with Crippen LogP contribution < -0.4 is 0 Å². The molecule has 7 heavy (non-hydrogen) atoms. The average Bonchev–Trinajstić information content (AvgIpc) is 1.65. The molecule has 2 nitrogen and oxygen atoms in total. The van der Waals surface area contributed by atoms with Gasteiger partial charge in [-0.25, -0.2) is 0 Å². The van der Waals surface area contributed by atoms with Gasteiger partial charge in [-0.1, -0.05) is 0 Å². The summed E-state index contributed by atoms with van der Waals surface area (Å²) >= 11 is 10.2. The van der Waals surface area contributed by atoms with Crippen LogP contribution in [0.15, 0.2) is 0 Å². The molecule has 0 aromatic rings. The summed E-state index contributed by atoms with van der Waals surface area (Å²) in [7, 11) is -2.58. The molecule has 0 radical (unpaired) electrons. The second-order valence-electron chi connectivity index (χ2n) is 0.960. The van der Waals surface area contributed by atoms with Crippen molar-refractivity contribution in [1.29, 1.82) is 0 Å². The van der Waals surface area contributed by atoms with E-state index in [0.29, 0.717) is 0 Å². The maximum absolute atomic E-state index is 9.90. The molecule has 1 N–H and O–H groups in total. The van der Waals surface area contributed by atoms with E-state index in [9.17, 15) is 4.57 Å². The first-order chi connectivity index (χ1) is 3.18. The highest BCUT2D eigenvalue weighted by molar-refractivity contribution is 7.41. The smallest absolute Gasteiger partial charge is 0.207 e. The molecule has 0 aliphatic rings. The first-order valence-electron chi connectivity index (χ1n) is 1.61. The number of hydrogen-bond acceptors (Lipinski definition) is 1. The van der Waals surface area contributed by atoms with Crippen LogP contribution in [0.1, 0.15) is 0 Å². The van der Waals surface area contributed by atoms with E-state index in [4.69, 9.17) is 28.1 Å². The van der Waals surface area contributed by atoms with Gasteiger partial charge in [-0.2, -0.15) is 0 Å². The molecule has 0 aromatic carbocycles. The maximum Gasteiger partial charge on any atom is 0.207 e. The van der Waals surface area contributed by atoms with E-state index in [2.05, 4.69) is 0 Å². The van der Waals surface area contributed by atoms with Gasteiger partial charge < -0.3 is 4.89 Å². The minimum Gasteiger partial charge on any atom is -0.345 e. The molecule has 2 unspecified atom stereocenters. The van der Waals surface area contributed by atoms with Crippen molar-refractivity contribution in [3.63, 3.8) is 0 Å². The Morgan fingerprint density at radius 1 is 1.86 bits per heavy atom. The maximum atomic E-state index is 9.90. The van der Waals surface area contributed by atoms with Crippen molar-refractivity contribution in [3.8, 4) is 0 Å². The normalized spacial score (nSPS) is 18.7. The van der Waals surface area contributed by atoms with Gasteiger partial charge in [0.2, 0.25) is 8.03 Å². The predicted octanol–water partition coefficient (Wildman–Crippen LogP) is 1.26. The third-order valence-corrected chi connectivity index (χ3v) is 2.58. The number of hydrogen-bond donors (Lipinski definition) is 1. The van der Waals surface area contributed by atoms with E-state index in [0.717, 1.165) is 0 Å². The van der Waals surface area contributed by atoms with Gasteiger partial charge in [0.05, 0.1) is 0 Å². The van der Waals surface area contributed by atoms with E-state index in [1.54, 1.807) is 0 Å². The highest BCUT2D eigenvalue weighted by Crippen LogP contribution is 2.26. The highest BCUT2D eigenvalue weighted by Gasteiger charge is 2.06. The molecule has 0 aliphatic carbocycles. The van der Waals surface area contributed by atoms with Crippen LogP contribution in [0.3, 0.4) is 0 Å². The second kappa shape index (κ2) is 3.73. The van der Waals surface area contributed by atoms with Crippen molar-refractivity contribution in [1.82, 2.24) is 0 Å². The molecule has 0 bridgehead atoms. The fourth-order valence-electron chi connectivity index (χ4n) is 0.0660. The van der Waals surface area contributed by atoms with Crippen molar-refractivity contribution in [2.45, 2.75) is 5.12 Å². The molecule has 5 heteroatoms. The molecule has 0 saturated carbocycles. The van der Waals surface area contributed by atoms with Gasteiger partial charge in [0.1, 0.15) is 5.12 Å². The minimum atomic E-state index is -2.58. The number of alkyl halides is 2. The van der Waals surface area contributed by atoms with Gasteiger partial charge in [-0.15, -0.1) is 23.2 Å². The number of halogens is 2. The van der Waals surface area contributed by atoms with Crippen LogP contribution in [0.4, 0.5) is 0 Å². The van der Waals surface area contributed by atoms with Crippen LogP contribution >= 0.6 is 31.2 Å². The lowest BCUT2D eigenvalue weighted by atomic mass is 10.9. The Morgan fingerprint density at radius 2 is 2.29 bits per heavy atom. The molecule has 0 saturated heterocycles. The lowest BCUT2D eigenvalue weighted by Crippen LogP contribution is -1.90. The summed E-state index contributed by atoms with van der Waals surface area (Å²) < 4.78 is 9.90. The van der Waals surface area contributed by atoms with Gasteiger partial charge in [0.25, 0.3) is 0 Å². The van der Waals surface area contributed by atoms with Crippen molar-refractivity contribution < 1.29 is 9.46 Å². The summed E-state index contributed by atoms with van der Waals surface area (Å²) in [5, 5.41) is -0.758. The van der Waals surface area contributed by atoms with Crippen LogP contribution in [0.5, 0.6) is 0 Å². The average molecular weight is 163 g/mol. The van der Waals surface area contributed by atoms with E-state index >= 15 is 0 Å². The first kappa shape index (κ1) is 7.77. The van der Waals surface area contributed by atoms with Gasteiger partial charge in [0.15, 0.2) is 0 Å². The molecule has 0 rings (SSSR count). The molecule has 0 aromatic heterocycles. The van der Waals surface area contributed by atoms with Gasteiger partial charge >= 0.3 is 0 Å². The monoisotopic (exact) mass is 162 g/mol. The standard InChI is InChI=1S/C2H5Cl2O2P/c3-1-2(4)7(5)6/h2,7H,1H2,(H,5,6). The van der Waals surface area contributed by atoms with E-state index in [1.807, 2.05) is 0 Å². The topological polar surface area (TPSA) is 37.3 Å². The van der Waals surface area contributed by atoms with Crippen molar-refractivity contribution in [3.05, 3.63) is 0 Å². The largest absolute Gasteiger partial charge is 0.345 e. The Morgan fingerprint density at radius 3 is 2.29 bits per heavy atom. The molecule has 0 heterocycles. The van der Waals surface area contributed by atoms with Crippen molar-refractivity contribution >= 4 is 31.2 Å². The zero-order chi connectivity index (χ0) is 5.86. The highest BCUT2D eigenvalue weighted by atomic mass is 35.5. The Kier molecular flexibility index (Phi) is 4.14. The molecule has 44 valence electrons. The fourth-order valence-corrected chi connectivity index (χ4v) is 0.594. The quantitative estimate of drug-likeness (QED) is 0.491. The van der Waals surface area contributed by atoms with Crippen LogP contribution in [-0.2, 0) is 4.57 Å². The molecule has 0 fully saturated rings. The Hall–Kier alpha value is 0.770. The van der Waals surface area contributed by atoms with Gasteiger partial charge in [-0.3, -0.25) is 4.57 Å². The minimum absolute atomic E-state index is 0.0376. The molecule has 2 atom stereocenters. The predicted molar refractivity (Wildman–Crippen MR) is 31.6 cm³/mol. The summed E-state index contributed by atoms with van der Waals surface area (Å²) in [6, 6.07) is 0. The van der Waals surface area contributed by atoms with Crippen LogP contribution in [0.25, 0.3) is 0 Å². The Balaban J connectivity index is 3.34. The third kappa shape index (κ3) is 3.36. The van der Waals surface area contributed by atoms with E-state index in [1.165, 1.54) is 0 Å². The number of rotatable bonds is 2. The van der Waals surface area contributed by atoms with Gasteiger partial charge in [0, 0.05) is 5.88 Å². The van der Waals surface area contributed by atoms with Crippen molar-refractivity contribution in [2.24, 2.45) is 0 Å². The zero-order valence-corrected chi connectivity index (χ0v) is 5.91. The van der Waals surface area contributed by atoms with Gasteiger partial charge in [-0.05, 0) is 0 Å². The third-order valence-electron chi connectivity index (χ3n) is 0.403. The fraction of sp³-hybridized carbons (Fsp3) is 1.00. The lowest BCUT2D eigenvalue weighted by molar-refractivity contribution is 0.501. The summed E-state index contributed by atoms with van der Waals surface area (Å²) in [6.07, 6.45) is 0. The van der Waals surface area contributed by atoms with Crippen LogP contribution in [0, 0.1) is 0 Å². The SMILES string of the molecule is O=[PH](O)C(Cl)CCl. The van der Waals surface area contributed by atoms with Crippen LogP contribution in [-0.4, -0.2) is 15.9 Å². The molecular weight excluding hydrogens is 158 g/mol. The first-order valence-corrected chi connectivity index (χ1v) is 4.01. The van der Waals surface area contributed by atoms with E-state index in [-0.39, 0.29) is 5.88 Å². The Bertz CT molecular complexity index is 76.1. The summed E-state index contributed by atoms with van der Waals surface area (Å²) in [5.41, 5.74) is 0. The van der Waals surface area contributed by atoms with E-state index < -0.39 is 13.1 Å². The van der Waals surface area contributed by atoms with Crippen LogP contribution in [0.2, 0.25) is 0 Å². The summed E-state index contributed by atoms with van der Waals surface area (Å²) in [6.45, 7) is 0. The Labute approximate surface area is 52.3 Å².